The molecule has 0 aromatic heterocycles. The van der Waals surface area contributed by atoms with Crippen molar-refractivity contribution >= 4 is 56.6 Å². The second-order valence-corrected chi connectivity index (χ2v) is 6.01. The number of rotatable bonds is 4. The van der Waals surface area contributed by atoms with Gasteiger partial charge in [-0.2, -0.15) is 0 Å². The summed E-state index contributed by atoms with van der Waals surface area (Å²) >= 11 is 8.22. The summed E-state index contributed by atoms with van der Waals surface area (Å²) in [4.78, 5) is 22.0. The number of nitrogens with zero attached hydrogens (tertiary/aromatic N) is 1. The van der Waals surface area contributed by atoms with Crippen LogP contribution >= 0.6 is 28.1 Å². The van der Waals surface area contributed by atoms with Crippen LogP contribution in [-0.2, 0) is 4.79 Å². The molecule has 2 aromatic carbocycles. The first-order chi connectivity index (χ1) is 11.8. The lowest BCUT2D eigenvalue weighted by Gasteiger charge is -2.09. The Morgan fingerprint density at radius 1 is 1.24 bits per heavy atom. The Labute approximate surface area is 156 Å². The van der Waals surface area contributed by atoms with Crippen molar-refractivity contribution in [3.05, 3.63) is 74.5 Å². The lowest BCUT2D eigenvalue weighted by Crippen LogP contribution is -2.32. The van der Waals surface area contributed by atoms with E-state index in [-0.39, 0.29) is 16.6 Å². The van der Waals surface area contributed by atoms with Crippen LogP contribution in [0, 0.1) is 15.9 Å². The van der Waals surface area contributed by atoms with Crippen molar-refractivity contribution in [1.82, 2.24) is 5.32 Å². The molecule has 0 fully saturated rings. The fraction of sp³-hybridized carbons (Fsp3) is 0. The molecule has 0 aliphatic rings. The molecule has 2 aromatic rings. The van der Waals surface area contributed by atoms with Crippen LogP contribution in [0.25, 0.3) is 6.08 Å². The van der Waals surface area contributed by atoms with Crippen LogP contribution in [0.2, 0.25) is 0 Å². The van der Waals surface area contributed by atoms with Crippen LogP contribution in [0.5, 0.6) is 0 Å². The van der Waals surface area contributed by atoms with Gasteiger partial charge in [0.15, 0.2) is 5.11 Å². The van der Waals surface area contributed by atoms with Gasteiger partial charge in [0.05, 0.1) is 10.6 Å². The van der Waals surface area contributed by atoms with Crippen molar-refractivity contribution in [3.63, 3.8) is 0 Å². The first-order valence-electron chi connectivity index (χ1n) is 6.85. The number of nitro benzene ring substituents is 1. The molecule has 0 saturated carbocycles. The van der Waals surface area contributed by atoms with Gasteiger partial charge < -0.3 is 5.32 Å². The second-order valence-electron chi connectivity index (χ2n) is 4.75. The van der Waals surface area contributed by atoms with Gasteiger partial charge in [-0.3, -0.25) is 20.2 Å². The normalized spacial score (nSPS) is 10.5. The van der Waals surface area contributed by atoms with Crippen LogP contribution in [0.3, 0.4) is 0 Å². The first kappa shape index (κ1) is 18.7. The predicted octanol–water partition coefficient (Wildman–Crippen LogP) is 4.02. The molecule has 0 aliphatic heterocycles. The van der Waals surface area contributed by atoms with E-state index in [1.54, 1.807) is 0 Å². The maximum Gasteiger partial charge on any atom is 0.270 e. The van der Waals surface area contributed by atoms with Crippen molar-refractivity contribution in [2.45, 2.75) is 0 Å². The third-order valence-corrected chi connectivity index (χ3v) is 3.81. The zero-order valence-corrected chi connectivity index (χ0v) is 14.9. The second kappa shape index (κ2) is 8.45. The summed E-state index contributed by atoms with van der Waals surface area (Å²) in [6.07, 6.45) is 2.77. The van der Waals surface area contributed by atoms with Crippen molar-refractivity contribution in [1.29, 1.82) is 0 Å². The summed E-state index contributed by atoms with van der Waals surface area (Å²) in [5.41, 5.74) is 1.06. The Kier molecular flexibility index (Phi) is 6.31. The summed E-state index contributed by atoms with van der Waals surface area (Å²) in [5.74, 6) is -0.833. The molecular formula is C16H11BrFN3O3S. The molecule has 128 valence electrons. The van der Waals surface area contributed by atoms with E-state index in [2.05, 4.69) is 26.6 Å². The highest BCUT2D eigenvalue weighted by molar-refractivity contribution is 9.10. The molecule has 6 nitrogen and oxygen atoms in total. The van der Waals surface area contributed by atoms with Crippen molar-refractivity contribution in [2.75, 3.05) is 5.32 Å². The van der Waals surface area contributed by atoms with Crippen LogP contribution in [0.1, 0.15) is 5.56 Å². The van der Waals surface area contributed by atoms with E-state index in [4.69, 9.17) is 12.2 Å². The first-order valence-corrected chi connectivity index (χ1v) is 8.05. The Balaban J connectivity index is 1.94. The van der Waals surface area contributed by atoms with E-state index < -0.39 is 10.8 Å². The molecule has 9 heteroatoms. The minimum absolute atomic E-state index is 0.0308. The fourth-order valence-corrected chi connectivity index (χ4v) is 2.45. The Morgan fingerprint density at radius 3 is 2.52 bits per heavy atom. The predicted molar refractivity (Wildman–Crippen MR) is 101 cm³/mol. The smallest absolute Gasteiger partial charge is 0.270 e. The van der Waals surface area contributed by atoms with E-state index in [1.807, 2.05) is 0 Å². The van der Waals surface area contributed by atoms with Crippen LogP contribution in [-0.4, -0.2) is 15.9 Å². The number of carbonyl (C=O) groups excluding carboxylic acids is 1. The number of nitrogens with one attached hydrogen (secondary N) is 2. The van der Waals surface area contributed by atoms with Crippen LogP contribution < -0.4 is 10.6 Å². The molecule has 1 amide bonds. The van der Waals surface area contributed by atoms with E-state index in [0.717, 1.165) is 0 Å². The summed E-state index contributed by atoms with van der Waals surface area (Å²) in [6.45, 7) is 0. The van der Waals surface area contributed by atoms with E-state index >= 15 is 0 Å². The zero-order valence-electron chi connectivity index (χ0n) is 12.5. The quantitative estimate of drug-likeness (QED) is 0.335. The largest absolute Gasteiger partial charge is 0.331 e. The summed E-state index contributed by atoms with van der Waals surface area (Å²) in [5, 5.41) is 15.9. The number of halogens is 2. The molecule has 0 bridgehead atoms. The number of carbonyl (C=O) groups is 1. The Hall–Kier alpha value is -2.65. The minimum Gasteiger partial charge on any atom is -0.331 e. The number of non-ortho nitro benzene ring substituents is 1. The lowest BCUT2D eigenvalue weighted by molar-refractivity contribution is -0.384. The Bertz CT molecular complexity index is 856. The van der Waals surface area contributed by atoms with Gasteiger partial charge in [0.25, 0.3) is 5.69 Å². The third-order valence-electron chi connectivity index (χ3n) is 2.95. The molecule has 0 spiro atoms. The number of amides is 1. The number of hydrogen-bond donors (Lipinski definition) is 2. The summed E-state index contributed by atoms with van der Waals surface area (Å²) < 4.78 is 13.2. The van der Waals surface area contributed by atoms with Gasteiger partial charge in [-0.15, -0.1) is 0 Å². The van der Waals surface area contributed by atoms with Crippen LogP contribution in [0.4, 0.5) is 15.8 Å². The van der Waals surface area contributed by atoms with Crippen molar-refractivity contribution in [2.24, 2.45) is 0 Å². The molecule has 2 rings (SSSR count). The topological polar surface area (TPSA) is 84.3 Å². The molecule has 0 aliphatic carbocycles. The van der Waals surface area contributed by atoms with Crippen LogP contribution in [0.15, 0.2) is 53.0 Å². The number of hydrogen-bond acceptors (Lipinski definition) is 4. The van der Waals surface area contributed by atoms with Gasteiger partial charge >= 0.3 is 0 Å². The number of anilines is 1. The van der Waals surface area contributed by atoms with E-state index in [0.29, 0.717) is 15.7 Å². The highest BCUT2D eigenvalue weighted by atomic mass is 79.9. The van der Waals surface area contributed by atoms with Crippen molar-refractivity contribution < 1.29 is 14.1 Å². The molecule has 0 heterocycles. The molecule has 0 atom stereocenters. The van der Waals surface area contributed by atoms with Gasteiger partial charge in [0, 0.05) is 22.7 Å². The molecular weight excluding hydrogens is 413 g/mol. The lowest BCUT2D eigenvalue weighted by atomic mass is 10.2. The highest BCUT2D eigenvalue weighted by Crippen LogP contribution is 2.26. The maximum absolute atomic E-state index is 12.8. The number of thiocarbonyl (C=S) groups is 1. The van der Waals surface area contributed by atoms with Gasteiger partial charge in [0.1, 0.15) is 5.82 Å². The van der Waals surface area contributed by atoms with Crippen molar-refractivity contribution in [3.8, 4) is 0 Å². The average molecular weight is 424 g/mol. The Morgan fingerprint density at radius 2 is 1.92 bits per heavy atom. The molecule has 0 radical (unpaired) electrons. The molecule has 0 saturated heterocycles. The van der Waals surface area contributed by atoms with Gasteiger partial charge in [-0.25, -0.2) is 4.39 Å². The molecule has 2 N–H and O–H groups in total. The SMILES string of the molecule is O=C(C=Cc1ccc(F)cc1)NC(=S)Nc1ccc([N+](=O)[O-])cc1Br. The van der Waals surface area contributed by atoms with E-state index in [1.165, 1.54) is 54.6 Å². The summed E-state index contributed by atoms with van der Waals surface area (Å²) in [7, 11) is 0. The highest BCUT2D eigenvalue weighted by Gasteiger charge is 2.10. The van der Waals surface area contributed by atoms with Gasteiger partial charge in [0.2, 0.25) is 5.91 Å². The molecule has 25 heavy (non-hydrogen) atoms. The average Bonchev–Trinajstić information content (AvgIpc) is 2.56. The number of benzene rings is 2. The van der Waals surface area contributed by atoms with Gasteiger partial charge in [-0.05, 0) is 58.0 Å². The monoisotopic (exact) mass is 423 g/mol. The van der Waals surface area contributed by atoms with Gasteiger partial charge in [-0.1, -0.05) is 12.1 Å². The third kappa shape index (κ3) is 5.73. The fourth-order valence-electron chi connectivity index (χ4n) is 1.77. The maximum atomic E-state index is 12.8. The molecule has 0 unspecified atom stereocenters. The zero-order chi connectivity index (χ0) is 18.4. The minimum atomic E-state index is -0.519. The summed E-state index contributed by atoms with van der Waals surface area (Å²) in [6, 6.07) is 9.74. The van der Waals surface area contributed by atoms with E-state index in [9.17, 15) is 19.3 Å². The number of nitro groups is 1. The standard InChI is InChI=1S/C16H11BrFN3O3S/c17-13-9-12(21(23)24)6-7-14(13)19-16(25)20-15(22)8-3-10-1-4-11(18)5-2-10/h1-9H,(H2,19,20,22,25).